The molecule has 5 N–H and O–H groups in total. The zero-order valence-electron chi connectivity index (χ0n) is 19.2. The van der Waals surface area contributed by atoms with E-state index in [1.165, 1.54) is 6.92 Å². The third-order valence-corrected chi connectivity index (χ3v) is 4.22. The molecule has 0 aromatic heterocycles. The Morgan fingerprint density at radius 2 is 1.27 bits per heavy atom. The minimum atomic E-state index is -0.784. The zero-order chi connectivity index (χ0) is 22.9. The van der Waals surface area contributed by atoms with Crippen molar-refractivity contribution in [3.8, 4) is 0 Å². The van der Waals surface area contributed by atoms with Gasteiger partial charge in [0.1, 0.15) is 11.8 Å². The molecule has 0 aromatic rings. The molecule has 0 rings (SSSR count). The average molecular weight is 428 g/mol. The van der Waals surface area contributed by atoms with Crippen molar-refractivity contribution in [3.05, 3.63) is 0 Å². The number of ketones is 1. The van der Waals surface area contributed by atoms with E-state index in [2.05, 4.69) is 26.6 Å². The molecule has 174 valence electrons. The summed E-state index contributed by atoms with van der Waals surface area (Å²) in [5.74, 6) is -0.739. The summed E-state index contributed by atoms with van der Waals surface area (Å²) >= 11 is 0. The monoisotopic (exact) mass is 427 g/mol. The van der Waals surface area contributed by atoms with Gasteiger partial charge in [0.05, 0.1) is 0 Å². The number of hydrogen-bond donors (Lipinski definition) is 5. The molecule has 0 bridgehead atoms. The van der Waals surface area contributed by atoms with Gasteiger partial charge in [-0.1, -0.05) is 27.7 Å². The van der Waals surface area contributed by atoms with Crippen LogP contribution in [0.5, 0.6) is 0 Å². The summed E-state index contributed by atoms with van der Waals surface area (Å²) in [5, 5.41) is 14.7. The second-order valence-electron chi connectivity index (χ2n) is 8.07. The lowest BCUT2D eigenvalue weighted by Crippen LogP contribution is -2.48. The van der Waals surface area contributed by atoms with Crippen LogP contribution in [0.2, 0.25) is 0 Å². The first-order valence-electron chi connectivity index (χ1n) is 10.9. The van der Waals surface area contributed by atoms with Crippen LogP contribution in [0.4, 0.5) is 0 Å². The summed E-state index contributed by atoms with van der Waals surface area (Å²) in [6.45, 7) is 11.8. The highest BCUT2D eigenvalue weighted by Crippen LogP contribution is 2.02. The van der Waals surface area contributed by atoms with E-state index in [9.17, 15) is 19.2 Å². The van der Waals surface area contributed by atoms with Gasteiger partial charge in [-0.05, 0) is 19.8 Å². The van der Waals surface area contributed by atoms with Crippen LogP contribution in [-0.4, -0.2) is 67.8 Å². The van der Waals surface area contributed by atoms with E-state index in [0.29, 0.717) is 51.1 Å². The second-order valence-corrected chi connectivity index (χ2v) is 8.07. The van der Waals surface area contributed by atoms with Crippen molar-refractivity contribution in [1.29, 1.82) is 0 Å². The van der Waals surface area contributed by atoms with Gasteiger partial charge in [-0.2, -0.15) is 0 Å². The lowest BCUT2D eigenvalue weighted by Gasteiger charge is -2.19. The predicted octanol–water partition coefficient (Wildman–Crippen LogP) is 0.239. The van der Waals surface area contributed by atoms with E-state index < -0.39 is 6.04 Å². The van der Waals surface area contributed by atoms with Crippen LogP contribution in [-0.2, 0) is 19.2 Å². The molecule has 1 atom stereocenters. The predicted molar refractivity (Wildman–Crippen MR) is 118 cm³/mol. The summed E-state index contributed by atoms with van der Waals surface area (Å²) < 4.78 is 0. The Hall–Kier alpha value is -2.00. The maximum absolute atomic E-state index is 12.5. The molecule has 0 fully saturated rings. The fraction of sp³-hybridized carbons (Fsp3) is 0.810. The molecule has 0 aliphatic heterocycles. The molecule has 0 spiro atoms. The minimum Gasteiger partial charge on any atom is -0.355 e. The van der Waals surface area contributed by atoms with Crippen LogP contribution < -0.4 is 26.6 Å². The molecule has 9 nitrogen and oxygen atoms in total. The van der Waals surface area contributed by atoms with E-state index in [-0.39, 0.29) is 42.8 Å². The van der Waals surface area contributed by atoms with Crippen molar-refractivity contribution < 1.29 is 19.2 Å². The van der Waals surface area contributed by atoms with Crippen LogP contribution >= 0.6 is 0 Å². The highest BCUT2D eigenvalue weighted by Gasteiger charge is 2.21. The van der Waals surface area contributed by atoms with Crippen LogP contribution in [0.1, 0.15) is 66.7 Å². The van der Waals surface area contributed by atoms with Crippen LogP contribution in [0.15, 0.2) is 0 Å². The van der Waals surface area contributed by atoms with Gasteiger partial charge in [-0.25, -0.2) is 0 Å². The van der Waals surface area contributed by atoms with Gasteiger partial charge in [0.2, 0.25) is 17.7 Å². The Labute approximate surface area is 180 Å². The standard InChI is InChI=1S/C21H41N5O4/c1-15(2)22-11-13-24-19(28)10-9-18(21(30)25-14-12-23-16(3)4)26-20(29)8-6-7-17(5)27/h15-16,18,22-23H,6-14H2,1-5H3,(H,24,28)(H,25,30)(H,26,29). The highest BCUT2D eigenvalue weighted by atomic mass is 16.2. The number of hydrogen-bond acceptors (Lipinski definition) is 6. The Morgan fingerprint density at radius 3 is 1.80 bits per heavy atom. The molecule has 9 heteroatoms. The molecule has 1 unspecified atom stereocenters. The number of nitrogens with one attached hydrogen (secondary N) is 5. The van der Waals surface area contributed by atoms with E-state index in [1.54, 1.807) is 0 Å². The Balaban J connectivity index is 4.53. The largest absolute Gasteiger partial charge is 0.355 e. The fourth-order valence-electron chi connectivity index (χ4n) is 2.63. The van der Waals surface area contributed by atoms with Crippen molar-refractivity contribution in [2.45, 2.75) is 84.8 Å². The van der Waals surface area contributed by atoms with Gasteiger partial charge in [-0.3, -0.25) is 14.4 Å². The molecule has 0 aliphatic rings. The number of rotatable bonds is 17. The van der Waals surface area contributed by atoms with Crippen LogP contribution in [0, 0.1) is 0 Å². The highest BCUT2D eigenvalue weighted by molar-refractivity contribution is 5.88. The normalized spacial score (nSPS) is 12.0. The van der Waals surface area contributed by atoms with Crippen molar-refractivity contribution in [2.75, 3.05) is 26.2 Å². The molecule has 0 aromatic carbocycles. The first kappa shape index (κ1) is 28.0. The van der Waals surface area contributed by atoms with Crippen LogP contribution in [0.25, 0.3) is 0 Å². The quantitative estimate of drug-likeness (QED) is 0.212. The zero-order valence-corrected chi connectivity index (χ0v) is 19.2. The molecule has 0 saturated carbocycles. The van der Waals surface area contributed by atoms with Gasteiger partial charge < -0.3 is 31.4 Å². The van der Waals surface area contributed by atoms with Crippen molar-refractivity contribution in [1.82, 2.24) is 26.6 Å². The maximum Gasteiger partial charge on any atom is 0.242 e. The van der Waals surface area contributed by atoms with Gasteiger partial charge >= 0.3 is 0 Å². The van der Waals surface area contributed by atoms with Gasteiger partial charge in [0.25, 0.3) is 0 Å². The summed E-state index contributed by atoms with van der Waals surface area (Å²) in [6.07, 6.45) is 1.30. The molecule has 3 amide bonds. The summed E-state index contributed by atoms with van der Waals surface area (Å²) in [5.41, 5.74) is 0. The van der Waals surface area contributed by atoms with E-state index in [1.807, 2.05) is 27.7 Å². The van der Waals surface area contributed by atoms with Crippen LogP contribution in [0.3, 0.4) is 0 Å². The van der Waals surface area contributed by atoms with Gasteiger partial charge in [0, 0.05) is 57.5 Å². The molecule has 0 aliphatic carbocycles. The molecule has 0 saturated heterocycles. The molecular weight excluding hydrogens is 386 g/mol. The van der Waals surface area contributed by atoms with E-state index >= 15 is 0 Å². The Bertz CT molecular complexity index is 537. The average Bonchev–Trinajstić information content (AvgIpc) is 2.64. The molecule has 0 heterocycles. The fourth-order valence-corrected chi connectivity index (χ4v) is 2.63. The number of carbonyl (C=O) groups excluding carboxylic acids is 4. The Kier molecular flexibility index (Phi) is 15.6. The molecule has 0 radical (unpaired) electrons. The Morgan fingerprint density at radius 1 is 0.700 bits per heavy atom. The lowest BCUT2D eigenvalue weighted by atomic mass is 10.1. The second kappa shape index (κ2) is 16.8. The molecule has 30 heavy (non-hydrogen) atoms. The van der Waals surface area contributed by atoms with Gasteiger partial charge in [-0.15, -0.1) is 0 Å². The first-order valence-corrected chi connectivity index (χ1v) is 10.9. The summed E-state index contributed by atoms with van der Waals surface area (Å²) in [4.78, 5) is 47.7. The number of amides is 3. The topological polar surface area (TPSA) is 128 Å². The van der Waals surface area contributed by atoms with Crippen molar-refractivity contribution in [3.63, 3.8) is 0 Å². The molecular formula is C21H41N5O4. The smallest absolute Gasteiger partial charge is 0.242 e. The number of carbonyl (C=O) groups is 4. The first-order chi connectivity index (χ1) is 14.1. The maximum atomic E-state index is 12.5. The number of Topliss-reactive ketones (excluding diaryl/α,β-unsaturated/α-hetero) is 1. The summed E-state index contributed by atoms with van der Waals surface area (Å²) in [7, 11) is 0. The minimum absolute atomic E-state index is 0.0263. The third-order valence-electron chi connectivity index (χ3n) is 4.22. The lowest BCUT2D eigenvalue weighted by molar-refractivity contribution is -0.130. The van der Waals surface area contributed by atoms with Crippen molar-refractivity contribution >= 4 is 23.5 Å². The van der Waals surface area contributed by atoms with E-state index in [0.717, 1.165) is 0 Å². The third kappa shape index (κ3) is 16.9. The van der Waals surface area contributed by atoms with Crippen molar-refractivity contribution in [2.24, 2.45) is 0 Å². The van der Waals surface area contributed by atoms with Gasteiger partial charge in [0.15, 0.2) is 0 Å². The van der Waals surface area contributed by atoms with E-state index in [4.69, 9.17) is 0 Å². The summed E-state index contributed by atoms with van der Waals surface area (Å²) in [6, 6.07) is -0.126. The SMILES string of the molecule is CC(=O)CCCC(=O)NC(CCC(=O)NCCNC(C)C)C(=O)NCCNC(C)C.